The van der Waals surface area contributed by atoms with Gasteiger partial charge in [-0.05, 0) is 43.2 Å². The van der Waals surface area contributed by atoms with E-state index in [4.69, 9.17) is 5.73 Å². The first-order valence-electron chi connectivity index (χ1n) is 8.06. The Morgan fingerprint density at radius 1 is 1.24 bits per heavy atom. The fourth-order valence-electron chi connectivity index (χ4n) is 3.19. The van der Waals surface area contributed by atoms with Crippen molar-refractivity contribution in [2.45, 2.75) is 13.3 Å². The summed E-state index contributed by atoms with van der Waals surface area (Å²) in [6, 6.07) is 12.0. The van der Waals surface area contributed by atoms with Crippen molar-refractivity contribution < 1.29 is 4.39 Å². The van der Waals surface area contributed by atoms with Crippen molar-refractivity contribution in [3.05, 3.63) is 75.8 Å². The number of aromatic amines is 1. The van der Waals surface area contributed by atoms with Crippen molar-refractivity contribution in [2.24, 2.45) is 5.73 Å². The Hall–Kier alpha value is -3.15. The minimum absolute atomic E-state index is 0.204. The zero-order valence-corrected chi connectivity index (χ0v) is 13.7. The van der Waals surface area contributed by atoms with Crippen LogP contribution in [0.1, 0.15) is 17.8 Å². The molecule has 3 N–H and O–H groups in total. The molecule has 0 amide bonds. The molecule has 2 heterocycles. The quantitative estimate of drug-likeness (QED) is 0.754. The monoisotopic (exact) mass is 336 g/mol. The zero-order valence-electron chi connectivity index (χ0n) is 13.7. The highest BCUT2D eigenvalue weighted by Crippen LogP contribution is 2.32. The second kappa shape index (κ2) is 5.73. The van der Waals surface area contributed by atoms with Gasteiger partial charge in [0.2, 0.25) is 0 Å². The molecular weight excluding hydrogens is 319 g/mol. The Morgan fingerprint density at radius 2 is 2.04 bits per heavy atom. The van der Waals surface area contributed by atoms with Crippen molar-refractivity contribution in [1.82, 2.24) is 9.97 Å². The molecule has 1 aliphatic rings. The van der Waals surface area contributed by atoms with Crippen LogP contribution in [0.15, 0.2) is 53.1 Å². The molecule has 25 heavy (non-hydrogen) atoms. The number of para-hydroxylation sites is 1. The fraction of sp³-hybridized carbons (Fsp3) is 0.158. The van der Waals surface area contributed by atoms with Gasteiger partial charge in [-0.25, -0.2) is 9.37 Å². The SMILES string of the molecule is Cc1ccc2c(=O)[nH]c(C3=C(N)N(c4ccccc4F)CC3)nc2c1. The number of hydrogen-bond donors (Lipinski definition) is 2. The van der Waals surface area contributed by atoms with Gasteiger partial charge in [-0.15, -0.1) is 0 Å². The van der Waals surface area contributed by atoms with E-state index in [-0.39, 0.29) is 11.4 Å². The normalized spacial score (nSPS) is 14.6. The van der Waals surface area contributed by atoms with Gasteiger partial charge in [-0.2, -0.15) is 0 Å². The van der Waals surface area contributed by atoms with Crippen LogP contribution in [-0.2, 0) is 0 Å². The van der Waals surface area contributed by atoms with E-state index in [1.54, 1.807) is 29.2 Å². The first-order chi connectivity index (χ1) is 12.0. The van der Waals surface area contributed by atoms with E-state index >= 15 is 0 Å². The summed E-state index contributed by atoms with van der Waals surface area (Å²) in [6.07, 6.45) is 0.584. The second-order valence-electron chi connectivity index (χ2n) is 6.15. The number of benzene rings is 2. The van der Waals surface area contributed by atoms with Crippen LogP contribution < -0.4 is 16.2 Å². The van der Waals surface area contributed by atoms with Crippen LogP contribution in [0.2, 0.25) is 0 Å². The van der Waals surface area contributed by atoms with Gasteiger partial charge < -0.3 is 15.6 Å². The van der Waals surface area contributed by atoms with Gasteiger partial charge in [0, 0.05) is 12.1 Å². The molecule has 2 aromatic carbocycles. The lowest BCUT2D eigenvalue weighted by atomic mass is 10.1. The minimum Gasteiger partial charge on any atom is -0.385 e. The summed E-state index contributed by atoms with van der Waals surface area (Å²) in [7, 11) is 0. The Morgan fingerprint density at radius 3 is 2.84 bits per heavy atom. The van der Waals surface area contributed by atoms with Crippen molar-refractivity contribution in [2.75, 3.05) is 11.4 Å². The van der Waals surface area contributed by atoms with E-state index in [2.05, 4.69) is 9.97 Å². The first-order valence-corrected chi connectivity index (χ1v) is 8.06. The lowest BCUT2D eigenvalue weighted by Gasteiger charge is -2.20. The molecule has 6 heteroatoms. The number of aryl methyl sites for hydroxylation is 1. The number of nitrogens with zero attached hydrogens (tertiary/aromatic N) is 2. The number of fused-ring (bicyclic) bond motifs is 1. The number of nitrogens with one attached hydrogen (secondary N) is 1. The number of rotatable bonds is 2. The van der Waals surface area contributed by atoms with E-state index < -0.39 is 0 Å². The number of anilines is 1. The lowest BCUT2D eigenvalue weighted by molar-refractivity contribution is 0.624. The third kappa shape index (κ3) is 2.55. The summed E-state index contributed by atoms with van der Waals surface area (Å²) in [5, 5.41) is 0.539. The van der Waals surface area contributed by atoms with E-state index in [1.807, 2.05) is 19.1 Å². The minimum atomic E-state index is -0.331. The Labute approximate surface area is 143 Å². The highest BCUT2D eigenvalue weighted by molar-refractivity contribution is 5.81. The number of H-pyrrole nitrogens is 1. The van der Waals surface area contributed by atoms with Crippen molar-refractivity contribution >= 4 is 22.2 Å². The van der Waals surface area contributed by atoms with Gasteiger partial charge in [-0.3, -0.25) is 4.79 Å². The topological polar surface area (TPSA) is 75.0 Å². The molecule has 0 atom stereocenters. The maximum absolute atomic E-state index is 14.1. The van der Waals surface area contributed by atoms with E-state index in [0.29, 0.717) is 41.2 Å². The van der Waals surface area contributed by atoms with Crippen molar-refractivity contribution in [3.63, 3.8) is 0 Å². The number of nitrogens with two attached hydrogens (primary N) is 1. The third-order valence-electron chi connectivity index (χ3n) is 4.48. The van der Waals surface area contributed by atoms with Crippen LogP contribution in [-0.4, -0.2) is 16.5 Å². The molecule has 3 aromatic rings. The van der Waals surface area contributed by atoms with Crippen LogP contribution >= 0.6 is 0 Å². The van der Waals surface area contributed by atoms with Crippen LogP contribution in [0.5, 0.6) is 0 Å². The third-order valence-corrected chi connectivity index (χ3v) is 4.48. The molecule has 4 rings (SSSR count). The molecule has 0 unspecified atom stereocenters. The molecule has 0 saturated carbocycles. The van der Waals surface area contributed by atoms with Gasteiger partial charge in [0.25, 0.3) is 5.56 Å². The van der Waals surface area contributed by atoms with Gasteiger partial charge >= 0.3 is 0 Å². The lowest BCUT2D eigenvalue weighted by Crippen LogP contribution is -2.25. The van der Waals surface area contributed by atoms with Crippen molar-refractivity contribution in [1.29, 1.82) is 0 Å². The summed E-state index contributed by atoms with van der Waals surface area (Å²) in [4.78, 5) is 21.4. The molecule has 1 aromatic heterocycles. The molecule has 1 aliphatic heterocycles. The highest BCUT2D eigenvalue weighted by atomic mass is 19.1. The summed E-state index contributed by atoms with van der Waals surface area (Å²) in [5.41, 5.74) is 8.86. The first kappa shape index (κ1) is 15.4. The van der Waals surface area contributed by atoms with E-state index in [1.165, 1.54) is 6.07 Å². The smallest absolute Gasteiger partial charge is 0.259 e. The van der Waals surface area contributed by atoms with Gasteiger partial charge in [-0.1, -0.05) is 18.2 Å². The maximum atomic E-state index is 14.1. The molecular formula is C19H17FN4O. The summed E-state index contributed by atoms with van der Waals surface area (Å²) in [5.74, 6) is 0.530. The number of aromatic nitrogens is 2. The van der Waals surface area contributed by atoms with Crippen molar-refractivity contribution in [3.8, 4) is 0 Å². The van der Waals surface area contributed by atoms with Gasteiger partial charge in [0.05, 0.1) is 16.6 Å². The summed E-state index contributed by atoms with van der Waals surface area (Å²) < 4.78 is 14.1. The molecule has 126 valence electrons. The van der Waals surface area contributed by atoms with Crippen LogP contribution in [0.25, 0.3) is 16.5 Å². The standard InChI is InChI=1S/C19H17FN4O/c1-11-6-7-12-15(10-11)22-18(23-19(12)25)13-8-9-24(17(13)21)16-5-3-2-4-14(16)20/h2-7,10H,8-9,21H2,1H3,(H,22,23,25). The summed E-state index contributed by atoms with van der Waals surface area (Å²) in [6.45, 7) is 2.49. The van der Waals surface area contributed by atoms with Gasteiger partial charge in [0.15, 0.2) is 0 Å². The Kier molecular flexibility index (Phi) is 3.53. The molecule has 0 saturated heterocycles. The molecule has 0 bridgehead atoms. The van der Waals surface area contributed by atoms with E-state index in [0.717, 1.165) is 11.1 Å². The Balaban J connectivity index is 1.83. The number of halogens is 1. The Bertz CT molecular complexity index is 1070. The average molecular weight is 336 g/mol. The highest BCUT2D eigenvalue weighted by Gasteiger charge is 2.26. The molecule has 0 fully saturated rings. The second-order valence-corrected chi connectivity index (χ2v) is 6.15. The largest absolute Gasteiger partial charge is 0.385 e. The van der Waals surface area contributed by atoms with Crippen LogP contribution in [0.4, 0.5) is 10.1 Å². The number of hydrogen-bond acceptors (Lipinski definition) is 4. The summed E-state index contributed by atoms with van der Waals surface area (Å²) >= 11 is 0. The predicted octanol–water partition coefficient (Wildman–Crippen LogP) is 2.91. The molecule has 0 spiro atoms. The predicted molar refractivity (Wildman–Crippen MR) is 96.6 cm³/mol. The molecule has 5 nitrogen and oxygen atoms in total. The van der Waals surface area contributed by atoms with Crippen LogP contribution in [0, 0.1) is 12.7 Å². The maximum Gasteiger partial charge on any atom is 0.259 e. The fourth-order valence-corrected chi connectivity index (χ4v) is 3.19. The van der Waals surface area contributed by atoms with Gasteiger partial charge in [0.1, 0.15) is 17.5 Å². The molecule has 0 radical (unpaired) electrons. The van der Waals surface area contributed by atoms with E-state index in [9.17, 15) is 9.18 Å². The van der Waals surface area contributed by atoms with Crippen LogP contribution in [0.3, 0.4) is 0 Å². The zero-order chi connectivity index (χ0) is 17.6. The average Bonchev–Trinajstić information content (AvgIpc) is 2.96. The molecule has 0 aliphatic carbocycles.